The second-order valence-electron chi connectivity index (χ2n) is 4.54. The van der Waals surface area contributed by atoms with Crippen molar-refractivity contribution in [2.75, 3.05) is 0 Å². The van der Waals surface area contributed by atoms with Crippen molar-refractivity contribution in [2.24, 2.45) is 0 Å². The molecule has 2 aromatic carbocycles. The van der Waals surface area contributed by atoms with Crippen LogP contribution in [0.5, 0.6) is 0 Å². The lowest BCUT2D eigenvalue weighted by Gasteiger charge is -2.08. The van der Waals surface area contributed by atoms with Crippen LogP contribution >= 0.6 is 0 Å². The third-order valence-corrected chi connectivity index (χ3v) is 2.67. The third kappa shape index (κ3) is 2.91. The Kier molecular flexibility index (Phi) is 3.51. The summed E-state index contributed by atoms with van der Waals surface area (Å²) in [4.78, 5) is 22.7. The van der Waals surface area contributed by atoms with Crippen LogP contribution in [-0.2, 0) is 4.74 Å². The van der Waals surface area contributed by atoms with E-state index in [2.05, 4.69) is 0 Å². The highest BCUT2D eigenvalue weighted by molar-refractivity contribution is 5.98. The molecule has 0 heterocycles. The summed E-state index contributed by atoms with van der Waals surface area (Å²) in [5.41, 5.74) is 0.616. The lowest BCUT2D eigenvalue weighted by Crippen LogP contribution is -2.11. The largest absolute Gasteiger partial charge is 0.478 e. The quantitative estimate of drug-likeness (QED) is 0.859. The van der Waals surface area contributed by atoms with Crippen LogP contribution < -0.4 is 0 Å². The molecule has 0 spiro atoms. The van der Waals surface area contributed by atoms with Gasteiger partial charge in [-0.15, -0.1) is 0 Å². The van der Waals surface area contributed by atoms with Crippen LogP contribution in [0.4, 0.5) is 0 Å². The van der Waals surface area contributed by atoms with Crippen LogP contribution in [0.25, 0.3) is 10.8 Å². The van der Waals surface area contributed by atoms with Crippen molar-refractivity contribution in [3.63, 3.8) is 0 Å². The number of hydrogen-bond donors (Lipinski definition) is 1. The first-order valence-electron chi connectivity index (χ1n) is 5.95. The Morgan fingerprint density at radius 3 is 2.16 bits per heavy atom. The highest BCUT2D eigenvalue weighted by atomic mass is 16.5. The normalized spacial score (nSPS) is 10.7. The molecule has 0 bridgehead atoms. The van der Waals surface area contributed by atoms with Gasteiger partial charge in [-0.1, -0.05) is 12.1 Å². The maximum atomic E-state index is 11.8. The monoisotopic (exact) mass is 258 g/mol. The Hall–Kier alpha value is -2.36. The molecule has 0 saturated carbocycles. The van der Waals surface area contributed by atoms with E-state index >= 15 is 0 Å². The molecule has 4 nitrogen and oxygen atoms in total. The minimum Gasteiger partial charge on any atom is -0.478 e. The van der Waals surface area contributed by atoms with Crippen molar-refractivity contribution < 1.29 is 19.4 Å². The number of rotatable bonds is 3. The number of carboxylic acid groups (broad SMARTS) is 1. The maximum absolute atomic E-state index is 11.8. The second kappa shape index (κ2) is 5.10. The van der Waals surface area contributed by atoms with Crippen LogP contribution in [0.1, 0.15) is 34.6 Å². The van der Waals surface area contributed by atoms with Crippen molar-refractivity contribution in [3.8, 4) is 0 Å². The minimum absolute atomic E-state index is 0.187. The van der Waals surface area contributed by atoms with Gasteiger partial charge in [0.2, 0.25) is 0 Å². The average Bonchev–Trinajstić information content (AvgIpc) is 2.36. The molecule has 2 rings (SSSR count). The molecule has 0 aliphatic carbocycles. The van der Waals surface area contributed by atoms with Crippen LogP contribution in [0, 0.1) is 0 Å². The van der Waals surface area contributed by atoms with Gasteiger partial charge in [0, 0.05) is 0 Å². The lowest BCUT2D eigenvalue weighted by molar-refractivity contribution is 0.0378. The fraction of sp³-hybridized carbons (Fsp3) is 0.200. The summed E-state index contributed by atoms with van der Waals surface area (Å²) < 4.78 is 5.11. The molecule has 0 aliphatic rings. The van der Waals surface area contributed by atoms with Gasteiger partial charge in [-0.3, -0.25) is 0 Å². The Morgan fingerprint density at radius 2 is 1.58 bits per heavy atom. The predicted octanol–water partition coefficient (Wildman–Crippen LogP) is 3.10. The van der Waals surface area contributed by atoms with Gasteiger partial charge in [-0.25, -0.2) is 9.59 Å². The molecule has 19 heavy (non-hydrogen) atoms. The van der Waals surface area contributed by atoms with Crippen molar-refractivity contribution in [2.45, 2.75) is 20.0 Å². The Labute approximate surface area is 110 Å². The minimum atomic E-state index is -0.989. The van der Waals surface area contributed by atoms with Gasteiger partial charge in [0.05, 0.1) is 17.2 Å². The van der Waals surface area contributed by atoms with Crippen LogP contribution in [-0.4, -0.2) is 23.1 Å². The number of hydrogen-bond acceptors (Lipinski definition) is 3. The Bertz CT molecular complexity index is 644. The van der Waals surface area contributed by atoms with Gasteiger partial charge in [-0.05, 0) is 48.9 Å². The first-order chi connectivity index (χ1) is 8.97. The number of aromatic carboxylic acids is 1. The Balaban J connectivity index is 2.43. The molecule has 0 amide bonds. The van der Waals surface area contributed by atoms with Crippen molar-refractivity contribution >= 4 is 22.7 Å². The van der Waals surface area contributed by atoms with E-state index in [1.54, 1.807) is 44.2 Å². The molecule has 4 heteroatoms. The summed E-state index contributed by atoms with van der Waals surface area (Å²) in [7, 11) is 0. The number of carbonyl (C=O) groups excluding carboxylic acids is 1. The molecule has 98 valence electrons. The maximum Gasteiger partial charge on any atom is 0.338 e. The number of esters is 1. The van der Waals surface area contributed by atoms with Crippen molar-refractivity contribution in [1.82, 2.24) is 0 Å². The van der Waals surface area contributed by atoms with E-state index in [0.29, 0.717) is 10.9 Å². The number of fused-ring (bicyclic) bond motifs is 1. The zero-order valence-corrected chi connectivity index (χ0v) is 10.7. The third-order valence-electron chi connectivity index (χ3n) is 2.67. The molecule has 0 aliphatic heterocycles. The van der Waals surface area contributed by atoms with Crippen LogP contribution in [0.3, 0.4) is 0 Å². The van der Waals surface area contributed by atoms with Gasteiger partial charge >= 0.3 is 11.9 Å². The number of carbonyl (C=O) groups is 2. The number of benzene rings is 2. The van der Waals surface area contributed by atoms with Crippen LogP contribution in [0.15, 0.2) is 36.4 Å². The van der Waals surface area contributed by atoms with E-state index < -0.39 is 11.9 Å². The van der Waals surface area contributed by atoms with E-state index in [9.17, 15) is 9.59 Å². The van der Waals surface area contributed by atoms with E-state index in [1.165, 1.54) is 6.07 Å². The molecule has 0 saturated heterocycles. The summed E-state index contributed by atoms with van der Waals surface area (Å²) in [6, 6.07) is 9.90. The zero-order valence-electron chi connectivity index (χ0n) is 10.7. The first kappa shape index (κ1) is 13.1. The molecular formula is C15H14O4. The zero-order chi connectivity index (χ0) is 14.0. The van der Waals surface area contributed by atoms with Gasteiger partial charge in [0.15, 0.2) is 0 Å². The molecule has 0 unspecified atom stereocenters. The van der Waals surface area contributed by atoms with E-state index in [1.807, 2.05) is 0 Å². The molecule has 0 fully saturated rings. The SMILES string of the molecule is CC(C)OC(=O)c1ccc2ccc(C(=O)O)cc2c1. The smallest absolute Gasteiger partial charge is 0.338 e. The van der Waals surface area contributed by atoms with Crippen LogP contribution in [0.2, 0.25) is 0 Å². The number of carboxylic acids is 1. The van der Waals surface area contributed by atoms with Gasteiger partial charge in [0.25, 0.3) is 0 Å². The summed E-state index contributed by atoms with van der Waals surface area (Å²) >= 11 is 0. The van der Waals surface area contributed by atoms with E-state index in [4.69, 9.17) is 9.84 Å². The fourth-order valence-electron chi connectivity index (χ4n) is 1.79. The molecule has 0 aromatic heterocycles. The molecule has 0 radical (unpaired) electrons. The summed E-state index contributed by atoms with van der Waals surface area (Å²) in [6.45, 7) is 3.56. The molecule has 2 aromatic rings. The average molecular weight is 258 g/mol. The topological polar surface area (TPSA) is 63.6 Å². The predicted molar refractivity (Wildman–Crippen MR) is 71.5 cm³/mol. The lowest BCUT2D eigenvalue weighted by atomic mass is 10.0. The second-order valence-corrected chi connectivity index (χ2v) is 4.54. The van der Waals surface area contributed by atoms with Crippen molar-refractivity contribution in [1.29, 1.82) is 0 Å². The fourth-order valence-corrected chi connectivity index (χ4v) is 1.79. The van der Waals surface area contributed by atoms with Gasteiger partial charge < -0.3 is 9.84 Å². The van der Waals surface area contributed by atoms with Gasteiger partial charge in [-0.2, -0.15) is 0 Å². The summed E-state index contributed by atoms with van der Waals surface area (Å²) in [5.74, 6) is -1.39. The van der Waals surface area contributed by atoms with E-state index in [-0.39, 0.29) is 11.7 Å². The molecule has 1 N–H and O–H groups in total. The highest BCUT2D eigenvalue weighted by Crippen LogP contribution is 2.19. The number of ether oxygens (including phenoxy) is 1. The first-order valence-corrected chi connectivity index (χ1v) is 5.95. The molecular weight excluding hydrogens is 244 g/mol. The Morgan fingerprint density at radius 1 is 1.00 bits per heavy atom. The highest BCUT2D eigenvalue weighted by Gasteiger charge is 2.10. The van der Waals surface area contributed by atoms with E-state index in [0.717, 1.165) is 5.39 Å². The standard InChI is InChI=1S/C15H14O4/c1-9(2)19-15(18)12-6-4-10-3-5-11(14(16)17)7-13(10)8-12/h3-9H,1-2H3,(H,16,17). The van der Waals surface area contributed by atoms with Crippen molar-refractivity contribution in [3.05, 3.63) is 47.5 Å². The van der Waals surface area contributed by atoms with Gasteiger partial charge in [0.1, 0.15) is 0 Å². The summed E-state index contributed by atoms with van der Waals surface area (Å²) in [5, 5.41) is 10.5. The summed E-state index contributed by atoms with van der Waals surface area (Å²) in [6.07, 6.45) is -0.187. The molecule has 0 atom stereocenters.